The molecule has 1 aliphatic heterocycles. The molecular formula is C13H16N4O2. The Morgan fingerprint density at radius 1 is 1.47 bits per heavy atom. The molecule has 2 aromatic rings. The molecule has 1 N–H and O–H groups in total. The molecular weight excluding hydrogens is 244 g/mol. The Balaban J connectivity index is 2.04. The van der Waals surface area contributed by atoms with Crippen LogP contribution in [0.2, 0.25) is 0 Å². The molecule has 2 aromatic heterocycles. The Labute approximate surface area is 110 Å². The highest BCUT2D eigenvalue weighted by molar-refractivity contribution is 5.81. The van der Waals surface area contributed by atoms with Crippen molar-refractivity contribution in [2.75, 3.05) is 11.4 Å². The fourth-order valence-electron chi connectivity index (χ4n) is 2.69. The van der Waals surface area contributed by atoms with Crippen molar-refractivity contribution >= 4 is 17.3 Å². The molecule has 0 aromatic carbocycles. The van der Waals surface area contributed by atoms with Crippen molar-refractivity contribution in [2.45, 2.75) is 25.8 Å². The van der Waals surface area contributed by atoms with Crippen LogP contribution >= 0.6 is 0 Å². The van der Waals surface area contributed by atoms with E-state index in [1.165, 1.54) is 0 Å². The number of aromatic nitrogens is 3. The SMILES string of the molecule is CC1CCN(c2nccn3nccc23)C(C(=O)O)C1. The van der Waals surface area contributed by atoms with E-state index >= 15 is 0 Å². The molecule has 6 nitrogen and oxygen atoms in total. The molecule has 0 amide bonds. The molecule has 100 valence electrons. The van der Waals surface area contributed by atoms with Crippen LogP contribution in [0.1, 0.15) is 19.8 Å². The Hall–Kier alpha value is -2.11. The first-order valence-electron chi connectivity index (χ1n) is 6.44. The van der Waals surface area contributed by atoms with Gasteiger partial charge in [-0.1, -0.05) is 6.92 Å². The Kier molecular flexibility index (Phi) is 2.85. The fraction of sp³-hybridized carbons (Fsp3) is 0.462. The van der Waals surface area contributed by atoms with Crippen LogP contribution in [0.5, 0.6) is 0 Å². The lowest BCUT2D eigenvalue weighted by atomic mass is 9.92. The molecule has 3 heterocycles. The number of fused-ring (bicyclic) bond motifs is 1. The second-order valence-corrected chi connectivity index (χ2v) is 5.09. The number of carboxylic acid groups (broad SMARTS) is 1. The van der Waals surface area contributed by atoms with E-state index < -0.39 is 12.0 Å². The maximum atomic E-state index is 11.5. The quantitative estimate of drug-likeness (QED) is 0.884. The monoisotopic (exact) mass is 260 g/mol. The minimum Gasteiger partial charge on any atom is -0.480 e. The smallest absolute Gasteiger partial charge is 0.326 e. The summed E-state index contributed by atoms with van der Waals surface area (Å²) >= 11 is 0. The lowest BCUT2D eigenvalue weighted by Gasteiger charge is -2.36. The maximum absolute atomic E-state index is 11.5. The van der Waals surface area contributed by atoms with Gasteiger partial charge in [0.05, 0.1) is 6.20 Å². The van der Waals surface area contributed by atoms with Crippen molar-refractivity contribution in [1.29, 1.82) is 0 Å². The largest absolute Gasteiger partial charge is 0.480 e. The van der Waals surface area contributed by atoms with Gasteiger partial charge in [-0.05, 0) is 24.8 Å². The van der Waals surface area contributed by atoms with Crippen molar-refractivity contribution in [2.24, 2.45) is 5.92 Å². The number of carbonyl (C=O) groups is 1. The van der Waals surface area contributed by atoms with Crippen LogP contribution in [0.4, 0.5) is 5.82 Å². The van der Waals surface area contributed by atoms with Gasteiger partial charge in [-0.2, -0.15) is 5.10 Å². The van der Waals surface area contributed by atoms with Crippen LogP contribution in [0.3, 0.4) is 0 Å². The summed E-state index contributed by atoms with van der Waals surface area (Å²) in [6, 6.07) is 1.36. The lowest BCUT2D eigenvalue weighted by Crippen LogP contribution is -2.47. The Bertz CT molecular complexity index is 609. The number of hydrogen-bond donors (Lipinski definition) is 1. The van der Waals surface area contributed by atoms with Crippen molar-refractivity contribution in [1.82, 2.24) is 14.6 Å². The second kappa shape index (κ2) is 4.53. The highest BCUT2D eigenvalue weighted by Gasteiger charge is 2.33. The van der Waals surface area contributed by atoms with E-state index in [-0.39, 0.29) is 0 Å². The summed E-state index contributed by atoms with van der Waals surface area (Å²) in [5.74, 6) is 0.358. The highest BCUT2D eigenvalue weighted by atomic mass is 16.4. The predicted octanol–water partition coefficient (Wildman–Crippen LogP) is 1.42. The van der Waals surface area contributed by atoms with Crippen molar-refractivity contribution in [3.8, 4) is 0 Å². The van der Waals surface area contributed by atoms with Crippen LogP contribution < -0.4 is 4.90 Å². The van der Waals surface area contributed by atoms with E-state index in [0.717, 1.165) is 18.5 Å². The summed E-state index contributed by atoms with van der Waals surface area (Å²) in [5, 5.41) is 13.6. The minimum absolute atomic E-state index is 0.432. The zero-order chi connectivity index (χ0) is 13.4. The third kappa shape index (κ3) is 2.03. The zero-order valence-corrected chi connectivity index (χ0v) is 10.7. The molecule has 1 saturated heterocycles. The van der Waals surface area contributed by atoms with Gasteiger partial charge in [0.1, 0.15) is 11.6 Å². The number of piperidine rings is 1. The summed E-state index contributed by atoms with van der Waals surface area (Å²) in [7, 11) is 0. The number of carboxylic acids is 1. The number of anilines is 1. The van der Waals surface area contributed by atoms with Crippen LogP contribution in [-0.2, 0) is 4.79 Å². The number of rotatable bonds is 2. The maximum Gasteiger partial charge on any atom is 0.326 e. The molecule has 2 atom stereocenters. The predicted molar refractivity (Wildman–Crippen MR) is 70.2 cm³/mol. The molecule has 0 bridgehead atoms. The summed E-state index contributed by atoms with van der Waals surface area (Å²) in [4.78, 5) is 17.7. The first-order valence-corrected chi connectivity index (χ1v) is 6.44. The summed E-state index contributed by atoms with van der Waals surface area (Å²) < 4.78 is 1.72. The average Bonchev–Trinajstić information content (AvgIpc) is 2.86. The topological polar surface area (TPSA) is 70.7 Å². The van der Waals surface area contributed by atoms with Crippen molar-refractivity contribution in [3.05, 3.63) is 24.7 Å². The molecule has 6 heteroatoms. The Morgan fingerprint density at radius 2 is 2.32 bits per heavy atom. The molecule has 1 aliphatic rings. The van der Waals surface area contributed by atoms with Gasteiger partial charge in [0.25, 0.3) is 0 Å². The van der Waals surface area contributed by atoms with Gasteiger partial charge < -0.3 is 10.0 Å². The zero-order valence-electron chi connectivity index (χ0n) is 10.7. The molecule has 3 rings (SSSR count). The fourth-order valence-corrected chi connectivity index (χ4v) is 2.69. The van der Waals surface area contributed by atoms with E-state index in [4.69, 9.17) is 0 Å². The minimum atomic E-state index is -0.783. The summed E-state index contributed by atoms with van der Waals surface area (Å²) in [5.41, 5.74) is 0.850. The number of aliphatic carboxylic acids is 1. The first-order chi connectivity index (χ1) is 9.16. The molecule has 0 radical (unpaired) electrons. The second-order valence-electron chi connectivity index (χ2n) is 5.09. The van der Waals surface area contributed by atoms with Crippen LogP contribution in [0.15, 0.2) is 24.7 Å². The van der Waals surface area contributed by atoms with E-state index in [9.17, 15) is 9.90 Å². The third-order valence-corrected chi connectivity index (χ3v) is 3.73. The van der Waals surface area contributed by atoms with Gasteiger partial charge >= 0.3 is 5.97 Å². The standard InChI is InChI=1S/C13H16N4O2/c1-9-3-6-16(11(8-9)13(18)19)12-10-2-4-15-17(10)7-5-14-12/h2,4-5,7,9,11H,3,6,8H2,1H3,(H,18,19). The van der Waals surface area contributed by atoms with Gasteiger partial charge in [-0.15, -0.1) is 0 Å². The number of nitrogens with zero attached hydrogens (tertiary/aromatic N) is 4. The van der Waals surface area contributed by atoms with Crippen molar-refractivity contribution < 1.29 is 9.90 Å². The number of hydrogen-bond acceptors (Lipinski definition) is 4. The van der Waals surface area contributed by atoms with Gasteiger partial charge in [0.2, 0.25) is 0 Å². The lowest BCUT2D eigenvalue weighted by molar-refractivity contribution is -0.139. The van der Waals surface area contributed by atoms with Gasteiger partial charge in [-0.25, -0.2) is 14.3 Å². The molecule has 19 heavy (non-hydrogen) atoms. The van der Waals surface area contributed by atoms with E-state index in [1.54, 1.807) is 23.1 Å². The molecule has 0 saturated carbocycles. The molecule has 0 spiro atoms. The molecule has 2 unspecified atom stereocenters. The highest BCUT2D eigenvalue weighted by Crippen LogP contribution is 2.29. The van der Waals surface area contributed by atoms with Gasteiger partial charge in [-0.3, -0.25) is 0 Å². The Morgan fingerprint density at radius 3 is 3.11 bits per heavy atom. The summed E-state index contributed by atoms with van der Waals surface area (Å²) in [6.07, 6.45) is 6.77. The van der Waals surface area contributed by atoms with E-state index in [1.807, 2.05) is 11.0 Å². The van der Waals surface area contributed by atoms with E-state index in [0.29, 0.717) is 18.2 Å². The van der Waals surface area contributed by atoms with E-state index in [2.05, 4.69) is 17.0 Å². The first kappa shape index (κ1) is 12.0. The average molecular weight is 260 g/mol. The van der Waals surface area contributed by atoms with Gasteiger partial charge in [0, 0.05) is 18.9 Å². The van der Waals surface area contributed by atoms with Crippen LogP contribution in [-0.4, -0.2) is 38.3 Å². The summed E-state index contributed by atoms with van der Waals surface area (Å²) in [6.45, 7) is 2.82. The molecule has 1 fully saturated rings. The van der Waals surface area contributed by atoms with Crippen molar-refractivity contribution in [3.63, 3.8) is 0 Å². The third-order valence-electron chi connectivity index (χ3n) is 3.73. The van der Waals surface area contributed by atoms with Crippen LogP contribution in [0.25, 0.3) is 5.52 Å². The van der Waals surface area contributed by atoms with Gasteiger partial charge in [0.15, 0.2) is 5.82 Å². The molecule has 0 aliphatic carbocycles. The van der Waals surface area contributed by atoms with Crippen LogP contribution in [0, 0.1) is 5.92 Å². The normalized spacial score (nSPS) is 23.7.